The molecule has 0 N–H and O–H groups in total. The lowest BCUT2D eigenvalue weighted by atomic mass is 9.93. The summed E-state index contributed by atoms with van der Waals surface area (Å²) in [5.41, 5.74) is 7.82. The molecule has 0 bridgehead atoms. The van der Waals surface area contributed by atoms with E-state index >= 15 is 0 Å². The van der Waals surface area contributed by atoms with Crippen molar-refractivity contribution in [2.75, 3.05) is 0 Å². The van der Waals surface area contributed by atoms with Gasteiger partial charge in [-0.15, -0.1) is 0 Å². The topological polar surface area (TPSA) is 56.7 Å². The minimum Gasteiger partial charge on any atom is -0.455 e. The van der Waals surface area contributed by atoms with E-state index in [2.05, 4.69) is 199 Å². The van der Waals surface area contributed by atoms with E-state index in [1.165, 1.54) is 43.3 Å². The second-order valence-electron chi connectivity index (χ2n) is 16.7. The Morgan fingerprint density at radius 1 is 0.344 bits per heavy atom. The number of furan rings is 1. The van der Waals surface area contributed by atoms with E-state index in [9.17, 15) is 0 Å². The Hall–Kier alpha value is -8.67. The lowest BCUT2D eigenvalue weighted by Crippen LogP contribution is -2.06. The maximum Gasteiger partial charge on any atom is 0.238 e. The molecular weight excluding hydrogens is 781 g/mol. The van der Waals surface area contributed by atoms with Crippen LogP contribution < -0.4 is 0 Å². The molecule has 0 atom stereocenters. The lowest BCUT2D eigenvalue weighted by Gasteiger charge is -2.13. The van der Waals surface area contributed by atoms with Crippen LogP contribution in [0.15, 0.2) is 211 Å². The second kappa shape index (κ2) is 13.4. The SMILES string of the molecule is c1ccc2c(c1)cc(-c1ccc(-c3nc(-c4cccc5oc6c7ccccc7ccc6c45)nc(-n4c5ccc6ccccc6c5c5ccc6ccccc6c54)n3)cc1)c1ccccc12. The van der Waals surface area contributed by atoms with Gasteiger partial charge in [-0.1, -0.05) is 182 Å². The standard InChI is InChI=1S/C59H34N4O/c1-6-17-42-35(12-1)30-33-51-53(42)47-31-28-36-13-2-7-18-43(36)55(47)63(51)59-61-57(39-26-24-38(25-27-39)50-34-40-15-4-5-16-41(40)45-20-9-10-21-46(45)50)60-58(62-59)49-22-11-23-52-54(49)48-32-29-37-14-3-8-19-44(37)56(48)64-52/h1-34H. The summed E-state index contributed by atoms with van der Waals surface area (Å²) in [6.07, 6.45) is 0. The Morgan fingerprint density at radius 2 is 0.938 bits per heavy atom. The van der Waals surface area contributed by atoms with Gasteiger partial charge < -0.3 is 4.42 Å². The number of benzene rings is 11. The van der Waals surface area contributed by atoms with Gasteiger partial charge in [0, 0.05) is 43.4 Å². The van der Waals surface area contributed by atoms with Gasteiger partial charge in [0.05, 0.1) is 11.0 Å². The Bertz CT molecular complexity index is 4260. The molecule has 0 aliphatic rings. The first-order chi connectivity index (χ1) is 31.7. The smallest absolute Gasteiger partial charge is 0.238 e. The van der Waals surface area contributed by atoms with E-state index in [1.807, 2.05) is 12.1 Å². The van der Waals surface area contributed by atoms with Crippen molar-refractivity contribution < 1.29 is 4.42 Å². The van der Waals surface area contributed by atoms with Crippen LogP contribution in [0.3, 0.4) is 0 Å². The largest absolute Gasteiger partial charge is 0.455 e. The van der Waals surface area contributed by atoms with E-state index < -0.39 is 0 Å². The molecular formula is C59H34N4O. The molecule has 64 heavy (non-hydrogen) atoms. The molecule has 0 unspecified atom stereocenters. The number of fused-ring (bicyclic) bond motifs is 15. The lowest BCUT2D eigenvalue weighted by molar-refractivity contribution is 0.672. The molecule has 0 aliphatic heterocycles. The van der Waals surface area contributed by atoms with Crippen molar-refractivity contribution in [1.82, 2.24) is 19.5 Å². The fraction of sp³-hybridized carbons (Fsp3) is 0. The Kier molecular flexibility index (Phi) is 7.33. The molecule has 14 aromatic rings. The molecule has 0 saturated carbocycles. The minimum absolute atomic E-state index is 0.548. The summed E-state index contributed by atoms with van der Waals surface area (Å²) < 4.78 is 8.94. The molecule has 3 aromatic heterocycles. The third-order valence-corrected chi connectivity index (χ3v) is 13.2. The maximum atomic E-state index is 6.69. The van der Waals surface area contributed by atoms with Gasteiger partial charge in [-0.25, -0.2) is 4.98 Å². The number of nitrogens with zero attached hydrogens (tertiary/aromatic N) is 4. The van der Waals surface area contributed by atoms with Crippen LogP contribution in [0.4, 0.5) is 0 Å². The predicted molar refractivity (Wildman–Crippen MR) is 265 cm³/mol. The van der Waals surface area contributed by atoms with E-state index in [0.29, 0.717) is 17.6 Å². The van der Waals surface area contributed by atoms with Crippen LogP contribution in [0, 0.1) is 0 Å². The quantitative estimate of drug-likeness (QED) is 0.166. The zero-order chi connectivity index (χ0) is 41.9. The van der Waals surface area contributed by atoms with E-state index in [0.717, 1.165) is 76.6 Å². The monoisotopic (exact) mass is 814 g/mol. The zero-order valence-corrected chi connectivity index (χ0v) is 34.3. The van der Waals surface area contributed by atoms with Crippen LogP contribution >= 0.6 is 0 Å². The highest BCUT2D eigenvalue weighted by Gasteiger charge is 2.23. The van der Waals surface area contributed by atoms with Crippen LogP contribution in [0.5, 0.6) is 0 Å². The highest BCUT2D eigenvalue weighted by Crippen LogP contribution is 2.43. The molecule has 296 valence electrons. The normalized spacial score (nSPS) is 12.1. The molecule has 14 rings (SSSR count). The first-order valence-corrected chi connectivity index (χ1v) is 21.7. The van der Waals surface area contributed by atoms with Gasteiger partial charge in [0.1, 0.15) is 11.2 Å². The van der Waals surface area contributed by atoms with Gasteiger partial charge in [-0.05, 0) is 78.5 Å². The molecule has 5 nitrogen and oxygen atoms in total. The minimum atomic E-state index is 0.548. The van der Waals surface area contributed by atoms with Crippen LogP contribution in [-0.4, -0.2) is 19.5 Å². The van der Waals surface area contributed by atoms with Crippen molar-refractivity contribution in [2.45, 2.75) is 0 Å². The number of rotatable bonds is 4. The van der Waals surface area contributed by atoms with Crippen LogP contribution in [0.25, 0.3) is 137 Å². The predicted octanol–water partition coefficient (Wildman–Crippen LogP) is 15.6. The molecule has 5 heteroatoms. The Labute approximate surface area is 366 Å². The molecule has 0 aliphatic carbocycles. The van der Waals surface area contributed by atoms with Gasteiger partial charge in [0.2, 0.25) is 5.95 Å². The first-order valence-electron chi connectivity index (χ1n) is 21.7. The molecule has 0 radical (unpaired) electrons. The van der Waals surface area contributed by atoms with Gasteiger partial charge >= 0.3 is 0 Å². The Morgan fingerprint density at radius 3 is 1.73 bits per heavy atom. The average molecular weight is 815 g/mol. The van der Waals surface area contributed by atoms with Gasteiger partial charge in [-0.3, -0.25) is 4.57 Å². The number of aromatic nitrogens is 4. The second-order valence-corrected chi connectivity index (χ2v) is 16.7. The molecule has 11 aromatic carbocycles. The van der Waals surface area contributed by atoms with Crippen molar-refractivity contribution >= 4 is 97.6 Å². The van der Waals surface area contributed by atoms with Crippen molar-refractivity contribution in [3.63, 3.8) is 0 Å². The summed E-state index contributed by atoms with van der Waals surface area (Å²) in [4.78, 5) is 16.3. The number of hydrogen-bond donors (Lipinski definition) is 0. The molecule has 0 amide bonds. The highest BCUT2D eigenvalue weighted by molar-refractivity contribution is 6.26. The molecule has 3 heterocycles. The van der Waals surface area contributed by atoms with Crippen molar-refractivity contribution in [1.29, 1.82) is 0 Å². The van der Waals surface area contributed by atoms with Crippen molar-refractivity contribution in [2.24, 2.45) is 0 Å². The van der Waals surface area contributed by atoms with Crippen LogP contribution in [0.1, 0.15) is 0 Å². The summed E-state index contributed by atoms with van der Waals surface area (Å²) in [7, 11) is 0. The third kappa shape index (κ3) is 5.09. The fourth-order valence-electron chi connectivity index (χ4n) is 10.3. The summed E-state index contributed by atoms with van der Waals surface area (Å²) in [6, 6.07) is 73.3. The number of hydrogen-bond acceptors (Lipinski definition) is 4. The molecule has 0 fully saturated rings. The summed E-state index contributed by atoms with van der Waals surface area (Å²) in [5.74, 6) is 1.70. The van der Waals surface area contributed by atoms with Gasteiger partial charge in [-0.2, -0.15) is 9.97 Å². The van der Waals surface area contributed by atoms with Crippen molar-refractivity contribution in [3.8, 4) is 39.9 Å². The average Bonchev–Trinajstić information content (AvgIpc) is 3.93. The molecule has 0 saturated heterocycles. The van der Waals surface area contributed by atoms with E-state index in [1.54, 1.807) is 0 Å². The van der Waals surface area contributed by atoms with Crippen LogP contribution in [0.2, 0.25) is 0 Å². The van der Waals surface area contributed by atoms with E-state index in [-0.39, 0.29) is 0 Å². The third-order valence-electron chi connectivity index (χ3n) is 13.2. The maximum absolute atomic E-state index is 6.69. The van der Waals surface area contributed by atoms with Crippen molar-refractivity contribution in [3.05, 3.63) is 206 Å². The summed E-state index contributed by atoms with van der Waals surface area (Å²) >= 11 is 0. The fourth-order valence-corrected chi connectivity index (χ4v) is 10.3. The first kappa shape index (κ1) is 35.0. The van der Waals surface area contributed by atoms with Gasteiger partial charge in [0.15, 0.2) is 11.6 Å². The zero-order valence-electron chi connectivity index (χ0n) is 34.3. The van der Waals surface area contributed by atoms with Crippen LogP contribution in [-0.2, 0) is 0 Å². The highest BCUT2D eigenvalue weighted by atomic mass is 16.3. The van der Waals surface area contributed by atoms with E-state index in [4.69, 9.17) is 19.4 Å². The molecule has 0 spiro atoms. The summed E-state index contributed by atoms with van der Waals surface area (Å²) in [6.45, 7) is 0. The summed E-state index contributed by atoms with van der Waals surface area (Å²) in [5, 5.41) is 16.1. The Balaban J connectivity index is 1.05. The van der Waals surface area contributed by atoms with Gasteiger partial charge in [0.25, 0.3) is 0 Å².